The van der Waals surface area contributed by atoms with E-state index < -0.39 is 17.7 Å². The minimum absolute atomic E-state index is 0.0261. The Morgan fingerprint density at radius 3 is 2.32 bits per heavy atom. The second-order valence-electron chi connectivity index (χ2n) is 7.40. The Kier molecular flexibility index (Phi) is 6.74. The van der Waals surface area contributed by atoms with E-state index in [0.717, 1.165) is 0 Å². The number of nitrogens with zero attached hydrogens (tertiary/aromatic N) is 3. The number of aliphatic hydroxyl groups excluding tert-OH is 1. The summed E-state index contributed by atoms with van der Waals surface area (Å²) >= 11 is 1.19. The molecule has 2 heterocycles. The maximum absolute atomic E-state index is 13.2. The first-order chi connectivity index (χ1) is 16.4. The topological polar surface area (TPSA) is 102 Å². The van der Waals surface area contributed by atoms with E-state index in [2.05, 4.69) is 16.8 Å². The largest absolute Gasteiger partial charge is 0.507 e. The first kappa shape index (κ1) is 23.2. The van der Waals surface area contributed by atoms with Crippen molar-refractivity contribution in [3.63, 3.8) is 0 Å². The molecule has 1 aromatic heterocycles. The molecule has 1 saturated heterocycles. The molecule has 0 spiro atoms. The molecule has 0 bridgehead atoms. The minimum Gasteiger partial charge on any atom is -0.507 e. The zero-order chi connectivity index (χ0) is 24.2. The third-order valence-electron chi connectivity index (χ3n) is 5.17. The lowest BCUT2D eigenvalue weighted by atomic mass is 9.95. The van der Waals surface area contributed by atoms with E-state index in [4.69, 9.17) is 9.47 Å². The first-order valence-corrected chi connectivity index (χ1v) is 11.4. The molecule has 3 aromatic rings. The summed E-state index contributed by atoms with van der Waals surface area (Å²) in [6.07, 6.45) is 1.64. The normalized spacial score (nSPS) is 17.1. The summed E-state index contributed by atoms with van der Waals surface area (Å²) in [5.41, 5.74) is 0.984. The van der Waals surface area contributed by atoms with Gasteiger partial charge in [-0.1, -0.05) is 36.1 Å². The molecule has 4 rings (SSSR count). The monoisotopic (exact) mass is 477 g/mol. The number of ether oxygens (including phenoxy) is 2. The molecule has 1 aliphatic rings. The fourth-order valence-electron chi connectivity index (χ4n) is 3.66. The molecule has 1 fully saturated rings. The highest BCUT2D eigenvalue weighted by Crippen LogP contribution is 2.43. The number of carbonyl (C=O) groups excluding carboxylic acids is 2. The van der Waals surface area contributed by atoms with Crippen molar-refractivity contribution in [3.05, 3.63) is 82.9 Å². The van der Waals surface area contributed by atoms with Crippen LogP contribution in [-0.4, -0.2) is 40.2 Å². The fraction of sp³-hybridized carbons (Fsp3) is 0.200. The Hall–Kier alpha value is -3.98. The molecule has 1 amide bonds. The number of amides is 1. The average molecular weight is 478 g/mol. The van der Waals surface area contributed by atoms with Crippen LogP contribution in [0.5, 0.6) is 11.5 Å². The van der Waals surface area contributed by atoms with E-state index in [1.165, 1.54) is 16.2 Å². The second kappa shape index (κ2) is 9.88. The van der Waals surface area contributed by atoms with Gasteiger partial charge < -0.3 is 14.6 Å². The van der Waals surface area contributed by atoms with Gasteiger partial charge in [0.25, 0.3) is 5.78 Å². The molecule has 9 heteroatoms. The van der Waals surface area contributed by atoms with Crippen LogP contribution in [0.3, 0.4) is 0 Å². The van der Waals surface area contributed by atoms with Gasteiger partial charge in [-0.05, 0) is 55.8 Å². The third-order valence-corrected chi connectivity index (χ3v) is 6.01. The molecule has 0 aliphatic carbocycles. The summed E-state index contributed by atoms with van der Waals surface area (Å²) in [6, 6.07) is 12.8. The molecule has 1 N–H and O–H groups in total. The van der Waals surface area contributed by atoms with Crippen LogP contribution in [-0.2, 0) is 9.59 Å². The number of ketones is 1. The van der Waals surface area contributed by atoms with Gasteiger partial charge in [0.2, 0.25) is 5.13 Å². The van der Waals surface area contributed by atoms with E-state index in [-0.39, 0.29) is 16.5 Å². The van der Waals surface area contributed by atoms with Crippen LogP contribution in [0.15, 0.2) is 66.8 Å². The highest BCUT2D eigenvalue weighted by Gasteiger charge is 2.48. The molecule has 8 nitrogen and oxygen atoms in total. The number of benzene rings is 2. The average Bonchev–Trinajstić information content (AvgIpc) is 3.38. The van der Waals surface area contributed by atoms with Gasteiger partial charge in [0.1, 0.15) is 28.9 Å². The van der Waals surface area contributed by atoms with Gasteiger partial charge in [-0.25, -0.2) is 0 Å². The van der Waals surface area contributed by atoms with E-state index in [1.807, 2.05) is 6.92 Å². The second-order valence-corrected chi connectivity index (χ2v) is 8.56. The quantitative estimate of drug-likeness (QED) is 0.222. The molecular formula is C25H23N3O5S. The molecule has 0 radical (unpaired) electrons. The number of anilines is 1. The number of aliphatic hydroxyl groups is 1. The zero-order valence-electron chi connectivity index (χ0n) is 18.7. The lowest BCUT2D eigenvalue weighted by Gasteiger charge is -2.22. The lowest BCUT2D eigenvalue weighted by Crippen LogP contribution is -2.29. The fourth-order valence-corrected chi connectivity index (χ4v) is 4.38. The molecule has 1 atom stereocenters. The molecule has 1 unspecified atom stereocenters. The van der Waals surface area contributed by atoms with Crippen molar-refractivity contribution < 1.29 is 24.2 Å². The van der Waals surface area contributed by atoms with Crippen molar-refractivity contribution in [1.82, 2.24) is 10.2 Å². The number of hydrogen-bond acceptors (Lipinski definition) is 8. The Morgan fingerprint density at radius 1 is 1.09 bits per heavy atom. The van der Waals surface area contributed by atoms with Crippen LogP contribution >= 0.6 is 11.3 Å². The maximum Gasteiger partial charge on any atom is 0.301 e. The van der Waals surface area contributed by atoms with Crippen molar-refractivity contribution in [3.8, 4) is 11.5 Å². The van der Waals surface area contributed by atoms with E-state index >= 15 is 0 Å². The number of rotatable bonds is 8. The Labute approximate surface area is 200 Å². The molecule has 174 valence electrons. The van der Waals surface area contributed by atoms with Gasteiger partial charge in [0.15, 0.2) is 0 Å². The summed E-state index contributed by atoms with van der Waals surface area (Å²) in [6.45, 7) is 8.12. The standard InChI is InChI=1S/C25H23N3O5S/c1-4-14-33-19-10-6-16(7-11-19)21-20(22(29)17-8-12-18(13-9-17)32-5-2)23(30)24(31)28(21)25-27-26-15(3)34-25/h4,6-13,21,29H,1,5,14H2,2-3H3/b22-20-. The van der Waals surface area contributed by atoms with Crippen molar-refractivity contribution >= 4 is 33.9 Å². The Morgan fingerprint density at radius 2 is 1.74 bits per heavy atom. The van der Waals surface area contributed by atoms with Crippen molar-refractivity contribution in [2.45, 2.75) is 19.9 Å². The van der Waals surface area contributed by atoms with E-state index in [1.54, 1.807) is 61.5 Å². The van der Waals surface area contributed by atoms with E-state index in [0.29, 0.717) is 40.8 Å². The summed E-state index contributed by atoms with van der Waals surface area (Å²) in [5, 5.41) is 20.2. The van der Waals surface area contributed by atoms with E-state index in [9.17, 15) is 14.7 Å². The van der Waals surface area contributed by atoms with Gasteiger partial charge in [0.05, 0.1) is 18.2 Å². The number of aryl methyl sites for hydroxylation is 1. The van der Waals surface area contributed by atoms with Crippen LogP contribution in [0.1, 0.15) is 29.1 Å². The van der Waals surface area contributed by atoms with Gasteiger partial charge in [0, 0.05) is 5.56 Å². The number of hydrogen-bond donors (Lipinski definition) is 1. The maximum atomic E-state index is 13.2. The molecule has 1 aliphatic heterocycles. The smallest absolute Gasteiger partial charge is 0.301 e. The van der Waals surface area contributed by atoms with Crippen molar-refractivity contribution in [1.29, 1.82) is 0 Å². The van der Waals surface area contributed by atoms with Crippen LogP contribution in [0.4, 0.5) is 5.13 Å². The first-order valence-electron chi connectivity index (χ1n) is 10.6. The van der Waals surface area contributed by atoms with Gasteiger partial charge >= 0.3 is 5.91 Å². The highest BCUT2D eigenvalue weighted by molar-refractivity contribution is 7.15. The predicted octanol–water partition coefficient (Wildman–Crippen LogP) is 4.44. The van der Waals surface area contributed by atoms with Gasteiger partial charge in [-0.2, -0.15) is 0 Å². The number of aromatic nitrogens is 2. The SMILES string of the molecule is C=CCOc1ccc(C2/C(=C(/O)c3ccc(OCC)cc3)C(=O)C(=O)N2c2nnc(C)s2)cc1. The van der Waals surface area contributed by atoms with Gasteiger partial charge in [-0.15, -0.1) is 10.2 Å². The summed E-state index contributed by atoms with van der Waals surface area (Å²) in [4.78, 5) is 27.6. The zero-order valence-corrected chi connectivity index (χ0v) is 19.5. The predicted molar refractivity (Wildman–Crippen MR) is 129 cm³/mol. The van der Waals surface area contributed by atoms with Crippen LogP contribution < -0.4 is 14.4 Å². The van der Waals surface area contributed by atoms with Crippen LogP contribution in [0.2, 0.25) is 0 Å². The summed E-state index contributed by atoms with van der Waals surface area (Å²) in [7, 11) is 0. The van der Waals surface area contributed by atoms with Crippen molar-refractivity contribution in [2.75, 3.05) is 18.1 Å². The summed E-state index contributed by atoms with van der Waals surface area (Å²) < 4.78 is 11.0. The minimum atomic E-state index is -0.882. The number of carbonyl (C=O) groups is 2. The summed E-state index contributed by atoms with van der Waals surface area (Å²) in [5.74, 6) is -0.603. The highest BCUT2D eigenvalue weighted by atomic mass is 32.1. The molecule has 2 aromatic carbocycles. The molecule has 34 heavy (non-hydrogen) atoms. The van der Waals surface area contributed by atoms with Crippen molar-refractivity contribution in [2.24, 2.45) is 0 Å². The van der Waals surface area contributed by atoms with Crippen LogP contribution in [0.25, 0.3) is 5.76 Å². The van der Waals surface area contributed by atoms with Gasteiger partial charge in [-0.3, -0.25) is 14.5 Å². The Balaban J connectivity index is 1.82. The lowest BCUT2D eigenvalue weighted by molar-refractivity contribution is -0.132. The molecular weight excluding hydrogens is 454 g/mol. The molecule has 0 saturated carbocycles. The third kappa shape index (κ3) is 4.42. The number of Topliss-reactive ketones (excluding diaryl/α,β-unsaturated/α-hetero) is 1. The van der Waals surface area contributed by atoms with Crippen LogP contribution in [0, 0.1) is 6.92 Å². The Bertz CT molecular complexity index is 1250.